The molecule has 2 aromatic rings. The van der Waals surface area contributed by atoms with Gasteiger partial charge in [0.1, 0.15) is 5.75 Å². The van der Waals surface area contributed by atoms with Crippen LogP contribution in [0.2, 0.25) is 5.02 Å². The molecule has 0 radical (unpaired) electrons. The molecule has 0 aliphatic rings. The second kappa shape index (κ2) is 10.7. The quantitative estimate of drug-likeness (QED) is 0.567. The number of hydrogen-bond acceptors (Lipinski definition) is 4. The van der Waals surface area contributed by atoms with Crippen molar-refractivity contribution in [2.45, 2.75) is 19.4 Å². The molecule has 5 nitrogen and oxygen atoms in total. The van der Waals surface area contributed by atoms with Gasteiger partial charge in [-0.05, 0) is 49.7 Å². The summed E-state index contributed by atoms with van der Waals surface area (Å²) in [6, 6.07) is 14.5. The number of para-hydroxylation sites is 1. The molecule has 2 rings (SSSR count). The second-order valence-corrected chi connectivity index (χ2v) is 6.00. The van der Waals surface area contributed by atoms with E-state index in [2.05, 4.69) is 10.6 Å². The van der Waals surface area contributed by atoms with Crippen molar-refractivity contribution in [1.29, 1.82) is 0 Å². The van der Waals surface area contributed by atoms with Crippen LogP contribution in [0.5, 0.6) is 5.75 Å². The first-order valence-corrected chi connectivity index (χ1v) is 8.64. The fourth-order valence-electron chi connectivity index (χ4n) is 2.25. The van der Waals surface area contributed by atoms with Gasteiger partial charge in [-0.25, -0.2) is 0 Å². The third-order valence-corrected chi connectivity index (χ3v) is 3.79. The van der Waals surface area contributed by atoms with E-state index in [1.807, 2.05) is 24.3 Å². The summed E-state index contributed by atoms with van der Waals surface area (Å²) in [5.41, 5.74) is 1.67. The van der Waals surface area contributed by atoms with Gasteiger partial charge >= 0.3 is 0 Å². The Bertz CT molecular complexity index is 662. The SMILES string of the molecule is O=C(COc1ccccc1CNCCCCO)Nc1ccc(Cl)cc1. The van der Waals surface area contributed by atoms with Crippen LogP contribution in [0.3, 0.4) is 0 Å². The number of carbonyl (C=O) groups is 1. The molecule has 25 heavy (non-hydrogen) atoms. The van der Waals surface area contributed by atoms with E-state index < -0.39 is 0 Å². The number of ether oxygens (including phenoxy) is 1. The molecule has 0 saturated heterocycles. The number of amides is 1. The molecular weight excluding hydrogens is 340 g/mol. The number of hydrogen-bond donors (Lipinski definition) is 3. The largest absolute Gasteiger partial charge is 0.483 e. The van der Waals surface area contributed by atoms with Crippen LogP contribution >= 0.6 is 11.6 Å². The summed E-state index contributed by atoms with van der Waals surface area (Å²) >= 11 is 5.82. The molecule has 0 heterocycles. The molecule has 0 unspecified atom stereocenters. The van der Waals surface area contributed by atoms with Gasteiger partial charge in [0.2, 0.25) is 0 Å². The molecule has 0 aromatic heterocycles. The number of unbranched alkanes of at least 4 members (excludes halogenated alkanes) is 1. The van der Waals surface area contributed by atoms with E-state index >= 15 is 0 Å². The lowest BCUT2D eigenvalue weighted by molar-refractivity contribution is -0.118. The highest BCUT2D eigenvalue weighted by Gasteiger charge is 2.07. The van der Waals surface area contributed by atoms with Crippen molar-refractivity contribution in [1.82, 2.24) is 5.32 Å². The number of aliphatic hydroxyl groups excluding tert-OH is 1. The Morgan fingerprint density at radius 2 is 1.84 bits per heavy atom. The van der Waals surface area contributed by atoms with E-state index in [9.17, 15) is 4.79 Å². The Balaban J connectivity index is 1.81. The number of aliphatic hydroxyl groups is 1. The van der Waals surface area contributed by atoms with Crippen molar-refractivity contribution in [3.8, 4) is 5.75 Å². The first kappa shape index (κ1) is 19.2. The summed E-state index contributed by atoms with van der Waals surface area (Å²) in [6.07, 6.45) is 1.71. The minimum atomic E-state index is -0.229. The zero-order valence-electron chi connectivity index (χ0n) is 14.0. The minimum absolute atomic E-state index is 0.0653. The van der Waals surface area contributed by atoms with Crippen LogP contribution in [0, 0.1) is 0 Å². The van der Waals surface area contributed by atoms with Crippen LogP contribution < -0.4 is 15.4 Å². The topological polar surface area (TPSA) is 70.6 Å². The highest BCUT2D eigenvalue weighted by atomic mass is 35.5. The molecule has 0 spiro atoms. The first-order chi connectivity index (χ1) is 12.2. The van der Waals surface area contributed by atoms with E-state index in [4.69, 9.17) is 21.4 Å². The molecule has 3 N–H and O–H groups in total. The zero-order valence-corrected chi connectivity index (χ0v) is 14.8. The smallest absolute Gasteiger partial charge is 0.262 e. The lowest BCUT2D eigenvalue weighted by Crippen LogP contribution is -2.21. The fraction of sp³-hybridized carbons (Fsp3) is 0.316. The zero-order chi connectivity index (χ0) is 17.9. The normalized spacial score (nSPS) is 10.5. The number of benzene rings is 2. The van der Waals surface area contributed by atoms with E-state index in [-0.39, 0.29) is 19.1 Å². The van der Waals surface area contributed by atoms with Gasteiger partial charge in [-0.2, -0.15) is 0 Å². The predicted octanol–water partition coefficient (Wildman–Crippen LogP) is 3.22. The molecule has 0 aliphatic heterocycles. The molecule has 6 heteroatoms. The number of carbonyl (C=O) groups excluding carboxylic acids is 1. The molecule has 0 fully saturated rings. The molecule has 2 aromatic carbocycles. The van der Waals surface area contributed by atoms with Crippen LogP contribution in [-0.4, -0.2) is 30.8 Å². The molecular formula is C19H23ClN2O3. The Morgan fingerprint density at radius 1 is 1.08 bits per heavy atom. The van der Waals surface area contributed by atoms with Crippen molar-refractivity contribution in [2.75, 3.05) is 25.1 Å². The summed E-state index contributed by atoms with van der Waals surface area (Å²) in [6.45, 7) is 1.63. The van der Waals surface area contributed by atoms with E-state index in [0.717, 1.165) is 24.9 Å². The van der Waals surface area contributed by atoms with Gasteiger partial charge in [-0.15, -0.1) is 0 Å². The maximum Gasteiger partial charge on any atom is 0.262 e. The lowest BCUT2D eigenvalue weighted by Gasteiger charge is -2.12. The highest BCUT2D eigenvalue weighted by Crippen LogP contribution is 2.18. The monoisotopic (exact) mass is 362 g/mol. The molecule has 0 atom stereocenters. The van der Waals surface area contributed by atoms with Crippen molar-refractivity contribution >= 4 is 23.2 Å². The van der Waals surface area contributed by atoms with Gasteiger partial charge in [0, 0.05) is 29.4 Å². The third-order valence-electron chi connectivity index (χ3n) is 3.54. The van der Waals surface area contributed by atoms with Crippen LogP contribution in [0.15, 0.2) is 48.5 Å². The van der Waals surface area contributed by atoms with Crippen molar-refractivity contribution < 1.29 is 14.6 Å². The lowest BCUT2D eigenvalue weighted by atomic mass is 10.2. The van der Waals surface area contributed by atoms with E-state index in [1.54, 1.807) is 24.3 Å². The Hall–Kier alpha value is -2.08. The third kappa shape index (κ3) is 7.13. The predicted molar refractivity (Wildman–Crippen MR) is 100 cm³/mol. The summed E-state index contributed by atoms with van der Waals surface area (Å²) in [4.78, 5) is 12.0. The number of anilines is 1. The van der Waals surface area contributed by atoms with Crippen molar-refractivity contribution in [2.24, 2.45) is 0 Å². The average Bonchev–Trinajstić information content (AvgIpc) is 2.62. The standard InChI is InChI=1S/C19H23ClN2O3/c20-16-7-9-17(10-8-16)22-19(24)14-25-18-6-2-1-5-15(18)13-21-11-3-4-12-23/h1-2,5-10,21,23H,3-4,11-14H2,(H,22,24). The molecule has 1 amide bonds. The number of nitrogens with one attached hydrogen (secondary N) is 2. The number of rotatable bonds is 10. The van der Waals surface area contributed by atoms with Crippen molar-refractivity contribution in [3.05, 3.63) is 59.1 Å². The summed E-state index contributed by atoms with van der Waals surface area (Å²) in [5.74, 6) is 0.455. The molecule has 0 aliphatic carbocycles. The summed E-state index contributed by atoms with van der Waals surface area (Å²) in [7, 11) is 0. The summed E-state index contributed by atoms with van der Waals surface area (Å²) < 4.78 is 5.65. The summed E-state index contributed by atoms with van der Waals surface area (Å²) in [5, 5.41) is 15.5. The van der Waals surface area contributed by atoms with Crippen LogP contribution in [0.25, 0.3) is 0 Å². The maximum atomic E-state index is 12.0. The number of halogens is 1. The fourth-order valence-corrected chi connectivity index (χ4v) is 2.38. The van der Waals surface area contributed by atoms with Crippen molar-refractivity contribution in [3.63, 3.8) is 0 Å². The van der Waals surface area contributed by atoms with Gasteiger partial charge in [-0.3, -0.25) is 4.79 Å². The molecule has 134 valence electrons. The van der Waals surface area contributed by atoms with Gasteiger partial charge in [0.15, 0.2) is 6.61 Å². The Labute approximate surface area is 153 Å². The Kier molecular flexibility index (Phi) is 8.25. The van der Waals surface area contributed by atoms with Gasteiger partial charge in [-0.1, -0.05) is 29.8 Å². The van der Waals surface area contributed by atoms with Gasteiger partial charge in [0.25, 0.3) is 5.91 Å². The van der Waals surface area contributed by atoms with Gasteiger partial charge in [0.05, 0.1) is 0 Å². The van der Waals surface area contributed by atoms with E-state index in [0.29, 0.717) is 23.0 Å². The Morgan fingerprint density at radius 3 is 2.60 bits per heavy atom. The average molecular weight is 363 g/mol. The maximum absolute atomic E-state index is 12.0. The first-order valence-electron chi connectivity index (χ1n) is 8.27. The minimum Gasteiger partial charge on any atom is -0.483 e. The van der Waals surface area contributed by atoms with E-state index in [1.165, 1.54) is 0 Å². The second-order valence-electron chi connectivity index (χ2n) is 5.56. The van der Waals surface area contributed by atoms with Gasteiger partial charge < -0.3 is 20.5 Å². The highest BCUT2D eigenvalue weighted by molar-refractivity contribution is 6.30. The van der Waals surface area contributed by atoms with Crippen LogP contribution in [0.4, 0.5) is 5.69 Å². The van der Waals surface area contributed by atoms with Crippen LogP contribution in [-0.2, 0) is 11.3 Å². The molecule has 0 saturated carbocycles. The van der Waals surface area contributed by atoms with Crippen LogP contribution in [0.1, 0.15) is 18.4 Å². The molecule has 0 bridgehead atoms.